The van der Waals surface area contributed by atoms with Gasteiger partial charge >= 0.3 is 0 Å². The van der Waals surface area contributed by atoms with E-state index in [1.807, 2.05) is 0 Å². The van der Waals surface area contributed by atoms with E-state index in [1.165, 1.54) is 12.3 Å². The first-order valence-corrected chi connectivity index (χ1v) is 4.34. The number of nitrogens with zero attached hydrogens (tertiary/aromatic N) is 1. The van der Waals surface area contributed by atoms with Gasteiger partial charge in [-0.1, -0.05) is 0 Å². The Bertz CT molecular complexity index is 354. The lowest BCUT2D eigenvalue weighted by Crippen LogP contribution is -2.29. The number of nitrogens with two attached hydrogens (primary N) is 1. The fourth-order valence-electron chi connectivity index (χ4n) is 1.08. The molecule has 0 fully saturated rings. The van der Waals surface area contributed by atoms with Crippen LogP contribution in [-0.4, -0.2) is 24.2 Å². The molecule has 0 aliphatic carbocycles. The maximum atomic E-state index is 11.1. The van der Waals surface area contributed by atoms with Crippen LogP contribution in [-0.2, 0) is 11.3 Å². The van der Waals surface area contributed by atoms with Crippen molar-refractivity contribution in [2.24, 2.45) is 5.73 Å². The average Bonchev–Trinajstić information content (AvgIpc) is 2.17. The lowest BCUT2D eigenvalue weighted by atomic mass is 10.2. The van der Waals surface area contributed by atoms with Gasteiger partial charge in [0.25, 0.3) is 5.91 Å². The molecule has 0 spiro atoms. The van der Waals surface area contributed by atoms with Gasteiger partial charge in [0.1, 0.15) is 5.56 Å². The molecule has 1 aromatic rings. The number of aromatic nitrogens is 1. The van der Waals surface area contributed by atoms with Gasteiger partial charge in [-0.15, -0.1) is 0 Å². The number of carbonyl (C=O) groups is 1. The zero-order valence-electron chi connectivity index (χ0n) is 8.05. The Labute approximate surface area is 86.5 Å². The largest absolute Gasteiger partial charge is 0.619 e. The molecule has 3 N–H and O–H groups in total. The number of hydrogen-bond donors (Lipinski definition) is 2. The predicted molar refractivity (Wildman–Crippen MR) is 50.7 cm³/mol. The Morgan fingerprint density at radius 1 is 1.60 bits per heavy atom. The van der Waals surface area contributed by atoms with Gasteiger partial charge in [0.05, 0.1) is 19.8 Å². The van der Waals surface area contributed by atoms with Gasteiger partial charge in [0, 0.05) is 5.56 Å². The van der Waals surface area contributed by atoms with Crippen molar-refractivity contribution in [3.63, 3.8) is 0 Å². The van der Waals surface area contributed by atoms with Crippen molar-refractivity contribution in [1.29, 1.82) is 0 Å². The number of aliphatic hydroxyl groups is 1. The SMILES string of the molecule is NC(=O)c1cc(COCCO)c[n+]([O-])c1. The number of aliphatic hydroxyl groups excluding tert-OH is 1. The average molecular weight is 212 g/mol. The zero-order valence-corrected chi connectivity index (χ0v) is 8.05. The molecule has 0 saturated carbocycles. The third-order valence-electron chi connectivity index (χ3n) is 1.69. The lowest BCUT2D eigenvalue weighted by molar-refractivity contribution is -0.606. The molecule has 0 aromatic carbocycles. The maximum absolute atomic E-state index is 11.1. The Hall–Kier alpha value is -1.66. The molecule has 0 saturated heterocycles. The third-order valence-corrected chi connectivity index (χ3v) is 1.69. The monoisotopic (exact) mass is 212 g/mol. The van der Waals surface area contributed by atoms with Crippen LogP contribution < -0.4 is 10.5 Å². The highest BCUT2D eigenvalue weighted by molar-refractivity contribution is 5.92. The van der Waals surface area contributed by atoms with Gasteiger partial charge in [-0.2, -0.15) is 4.73 Å². The first kappa shape index (κ1) is 11.4. The van der Waals surface area contributed by atoms with Crippen molar-refractivity contribution in [2.75, 3.05) is 13.2 Å². The summed E-state index contributed by atoms with van der Waals surface area (Å²) in [6.07, 6.45) is 2.38. The minimum atomic E-state index is -0.663. The highest BCUT2D eigenvalue weighted by Crippen LogP contribution is 2.02. The molecule has 0 aliphatic rings. The fourth-order valence-corrected chi connectivity index (χ4v) is 1.08. The Morgan fingerprint density at radius 3 is 2.93 bits per heavy atom. The summed E-state index contributed by atoms with van der Waals surface area (Å²) in [6, 6.07) is 1.48. The lowest BCUT2D eigenvalue weighted by Gasteiger charge is -2.04. The Kier molecular flexibility index (Phi) is 4.02. The van der Waals surface area contributed by atoms with Crippen molar-refractivity contribution in [3.05, 3.63) is 34.8 Å². The van der Waals surface area contributed by atoms with Gasteiger partial charge in [0.2, 0.25) is 0 Å². The molecule has 1 rings (SSSR count). The number of hydrogen-bond acceptors (Lipinski definition) is 4. The van der Waals surface area contributed by atoms with Crippen molar-refractivity contribution >= 4 is 5.91 Å². The van der Waals surface area contributed by atoms with Gasteiger partial charge in [-0.05, 0) is 6.07 Å². The highest BCUT2D eigenvalue weighted by atomic mass is 16.5. The third kappa shape index (κ3) is 3.53. The second-order valence-electron chi connectivity index (χ2n) is 2.93. The van der Waals surface area contributed by atoms with Gasteiger partial charge < -0.3 is 20.8 Å². The molecular formula is C9H12N2O4. The highest BCUT2D eigenvalue weighted by Gasteiger charge is 2.08. The second kappa shape index (κ2) is 5.28. The summed E-state index contributed by atoms with van der Waals surface area (Å²) < 4.78 is 5.50. The van der Waals surface area contributed by atoms with E-state index in [-0.39, 0.29) is 25.4 Å². The van der Waals surface area contributed by atoms with Crippen LogP contribution in [0.5, 0.6) is 0 Å². The van der Waals surface area contributed by atoms with E-state index in [0.29, 0.717) is 10.3 Å². The summed E-state index contributed by atoms with van der Waals surface area (Å²) in [7, 11) is 0. The molecule has 0 bridgehead atoms. The molecule has 1 heterocycles. The zero-order chi connectivity index (χ0) is 11.3. The number of ether oxygens (including phenoxy) is 1. The van der Waals surface area contributed by atoms with Crippen LogP contribution >= 0.6 is 0 Å². The molecule has 6 heteroatoms. The normalized spacial score (nSPS) is 10.2. The summed E-state index contributed by atoms with van der Waals surface area (Å²) in [6.45, 7) is 0.246. The molecule has 1 aromatic heterocycles. The molecule has 0 aliphatic heterocycles. The molecule has 0 atom stereocenters. The number of primary amides is 1. The molecule has 6 nitrogen and oxygen atoms in total. The van der Waals surface area contributed by atoms with Crippen LogP contribution in [0.15, 0.2) is 18.5 Å². The number of rotatable bonds is 5. The van der Waals surface area contributed by atoms with Crippen LogP contribution in [0.1, 0.15) is 15.9 Å². The van der Waals surface area contributed by atoms with E-state index >= 15 is 0 Å². The van der Waals surface area contributed by atoms with Crippen LogP contribution in [0.25, 0.3) is 0 Å². The topological polar surface area (TPSA) is 99.5 Å². The summed E-state index contributed by atoms with van der Waals surface area (Å²) in [5, 5.41) is 19.5. The van der Waals surface area contributed by atoms with Gasteiger partial charge in [-0.25, -0.2) is 0 Å². The standard InChI is InChI=1S/C9H12N2O4/c10-9(13)8-3-7(4-11(14)5-8)6-15-2-1-12/h3-5,12H,1-2,6H2,(H2,10,13). The van der Waals surface area contributed by atoms with E-state index in [0.717, 1.165) is 6.20 Å². The maximum Gasteiger partial charge on any atom is 0.254 e. The van der Waals surface area contributed by atoms with Crippen molar-refractivity contribution in [3.8, 4) is 0 Å². The number of pyridine rings is 1. The summed E-state index contributed by atoms with van der Waals surface area (Å²) >= 11 is 0. The molecule has 82 valence electrons. The van der Waals surface area contributed by atoms with E-state index in [9.17, 15) is 10.0 Å². The van der Waals surface area contributed by atoms with Gasteiger partial charge in [0.15, 0.2) is 12.4 Å². The summed E-state index contributed by atoms with van der Waals surface area (Å²) in [5.41, 5.74) is 5.71. The smallest absolute Gasteiger partial charge is 0.254 e. The van der Waals surface area contributed by atoms with Crippen LogP contribution in [0, 0.1) is 5.21 Å². The Balaban J connectivity index is 2.75. The molecule has 0 radical (unpaired) electrons. The van der Waals surface area contributed by atoms with Gasteiger partial charge in [-0.3, -0.25) is 4.79 Å². The Morgan fingerprint density at radius 2 is 2.33 bits per heavy atom. The first-order chi connectivity index (χ1) is 7.13. The minimum Gasteiger partial charge on any atom is -0.619 e. The van der Waals surface area contributed by atoms with Crippen LogP contribution in [0.3, 0.4) is 0 Å². The predicted octanol–water partition coefficient (Wildman–Crippen LogP) is -1.07. The molecule has 0 unspecified atom stereocenters. The number of carbonyl (C=O) groups excluding carboxylic acids is 1. The van der Waals surface area contributed by atoms with Crippen LogP contribution in [0.4, 0.5) is 0 Å². The molecular weight excluding hydrogens is 200 g/mol. The van der Waals surface area contributed by atoms with E-state index in [2.05, 4.69) is 0 Å². The van der Waals surface area contributed by atoms with Crippen LogP contribution in [0.2, 0.25) is 0 Å². The second-order valence-corrected chi connectivity index (χ2v) is 2.93. The van der Waals surface area contributed by atoms with Crippen molar-refractivity contribution < 1.29 is 19.4 Å². The fraction of sp³-hybridized carbons (Fsp3) is 0.333. The summed E-state index contributed by atoms with van der Waals surface area (Å²) in [5.74, 6) is -0.663. The summed E-state index contributed by atoms with van der Waals surface area (Å²) in [4.78, 5) is 10.8. The minimum absolute atomic E-state index is 0.0904. The van der Waals surface area contributed by atoms with Crippen molar-refractivity contribution in [1.82, 2.24) is 0 Å². The molecule has 15 heavy (non-hydrogen) atoms. The molecule has 1 amide bonds. The number of amides is 1. The van der Waals surface area contributed by atoms with E-state index < -0.39 is 5.91 Å². The van der Waals surface area contributed by atoms with E-state index in [1.54, 1.807) is 0 Å². The quantitative estimate of drug-likeness (QED) is 0.368. The van der Waals surface area contributed by atoms with E-state index in [4.69, 9.17) is 15.6 Å². The van der Waals surface area contributed by atoms with Crippen molar-refractivity contribution in [2.45, 2.75) is 6.61 Å². The first-order valence-electron chi connectivity index (χ1n) is 4.34.